The maximum Gasteiger partial charge on any atom is 0.162 e. The standard InChI is InChI=1S/C28H45FO/c1-17(2)8-7-9-19(4)22-12-13-23-21-11-10-20-14-18(3)15-25(30)28(20,6)26(21)24(29)16-27(22,23)5/h15,17,19-24,26H,7-14,16H2,1-6H3/t19-,20+,21+,22-,23+,24-,26-,27-,28-/m1/s1. The van der Waals surface area contributed by atoms with Gasteiger partial charge in [0.1, 0.15) is 6.17 Å². The predicted molar refractivity (Wildman–Crippen MR) is 123 cm³/mol. The Bertz CT molecular complexity index is 695. The van der Waals surface area contributed by atoms with Crippen molar-refractivity contribution in [2.75, 3.05) is 0 Å². The largest absolute Gasteiger partial charge is 0.294 e. The second-order valence-corrected chi connectivity index (χ2v) is 12.6. The van der Waals surface area contributed by atoms with Crippen molar-refractivity contribution in [2.45, 2.75) is 106 Å². The quantitative estimate of drug-likeness (QED) is 0.447. The molecule has 0 aromatic rings. The van der Waals surface area contributed by atoms with Gasteiger partial charge >= 0.3 is 0 Å². The summed E-state index contributed by atoms with van der Waals surface area (Å²) in [6.07, 6.45) is 11.4. The molecule has 170 valence electrons. The van der Waals surface area contributed by atoms with Crippen molar-refractivity contribution < 1.29 is 9.18 Å². The fourth-order valence-electron chi connectivity index (χ4n) is 9.02. The SMILES string of the molecule is CC1=CC(=O)[C@@]2(C)[C@@H](CC[C@@H]3[C@@H]2[C@H](F)C[C@]2(C)[C@@H]([C@H](C)CCCC(C)C)CC[C@@H]32)C1. The van der Waals surface area contributed by atoms with Crippen LogP contribution in [0.1, 0.15) is 99.3 Å². The van der Waals surface area contributed by atoms with Crippen molar-refractivity contribution in [3.05, 3.63) is 11.6 Å². The average molecular weight is 417 g/mol. The van der Waals surface area contributed by atoms with Crippen LogP contribution in [0.2, 0.25) is 0 Å². The van der Waals surface area contributed by atoms with Crippen LogP contribution >= 0.6 is 0 Å². The molecule has 0 bridgehead atoms. The van der Waals surface area contributed by atoms with Crippen LogP contribution in [0.3, 0.4) is 0 Å². The van der Waals surface area contributed by atoms with Crippen LogP contribution in [0.4, 0.5) is 4.39 Å². The molecule has 9 atom stereocenters. The zero-order valence-corrected chi connectivity index (χ0v) is 20.3. The van der Waals surface area contributed by atoms with E-state index in [1.165, 1.54) is 37.7 Å². The third-order valence-corrected chi connectivity index (χ3v) is 10.5. The maximum atomic E-state index is 16.1. The molecule has 0 aliphatic heterocycles. The van der Waals surface area contributed by atoms with Gasteiger partial charge in [-0.3, -0.25) is 4.79 Å². The van der Waals surface area contributed by atoms with Gasteiger partial charge in [-0.15, -0.1) is 0 Å². The minimum Gasteiger partial charge on any atom is -0.294 e. The van der Waals surface area contributed by atoms with Crippen LogP contribution in [0.5, 0.6) is 0 Å². The van der Waals surface area contributed by atoms with Gasteiger partial charge in [-0.2, -0.15) is 0 Å². The predicted octanol–water partition coefficient (Wildman–Crippen LogP) is 7.79. The molecule has 2 heteroatoms. The Labute approximate surface area is 184 Å². The molecule has 0 amide bonds. The molecule has 4 aliphatic carbocycles. The van der Waals surface area contributed by atoms with Gasteiger partial charge in [0.25, 0.3) is 0 Å². The first-order chi connectivity index (χ1) is 14.1. The molecule has 3 saturated carbocycles. The third-order valence-electron chi connectivity index (χ3n) is 10.5. The maximum absolute atomic E-state index is 16.1. The van der Waals surface area contributed by atoms with E-state index in [0.29, 0.717) is 36.0 Å². The first kappa shape index (κ1) is 22.5. The molecule has 4 aliphatic rings. The van der Waals surface area contributed by atoms with Crippen molar-refractivity contribution in [1.82, 2.24) is 0 Å². The Kier molecular flexibility index (Phi) is 6.04. The van der Waals surface area contributed by atoms with E-state index < -0.39 is 11.6 Å². The molecule has 0 aromatic heterocycles. The highest BCUT2D eigenvalue weighted by molar-refractivity contribution is 5.96. The summed E-state index contributed by atoms with van der Waals surface area (Å²) in [5.74, 6) is 3.67. The highest BCUT2D eigenvalue weighted by atomic mass is 19.1. The van der Waals surface area contributed by atoms with Gasteiger partial charge in [0.15, 0.2) is 5.78 Å². The first-order valence-electron chi connectivity index (χ1n) is 12.9. The fourth-order valence-corrected chi connectivity index (χ4v) is 9.02. The van der Waals surface area contributed by atoms with Crippen molar-refractivity contribution in [2.24, 2.45) is 52.3 Å². The normalized spacial score (nSPS) is 46.8. The van der Waals surface area contributed by atoms with Crippen LogP contribution in [0, 0.1) is 52.3 Å². The number of allylic oxidation sites excluding steroid dienone is 2. The van der Waals surface area contributed by atoms with E-state index in [-0.39, 0.29) is 17.1 Å². The summed E-state index contributed by atoms with van der Waals surface area (Å²) in [6.45, 7) is 13.7. The van der Waals surface area contributed by atoms with E-state index in [2.05, 4.69) is 41.5 Å². The summed E-state index contributed by atoms with van der Waals surface area (Å²) in [7, 11) is 0. The van der Waals surface area contributed by atoms with Gasteiger partial charge in [-0.1, -0.05) is 59.5 Å². The highest BCUT2D eigenvalue weighted by Gasteiger charge is 2.65. The van der Waals surface area contributed by atoms with Gasteiger partial charge in [-0.25, -0.2) is 4.39 Å². The van der Waals surface area contributed by atoms with Crippen LogP contribution in [0.15, 0.2) is 11.6 Å². The summed E-state index contributed by atoms with van der Waals surface area (Å²) < 4.78 is 16.1. The van der Waals surface area contributed by atoms with E-state index in [4.69, 9.17) is 0 Å². The van der Waals surface area contributed by atoms with E-state index in [0.717, 1.165) is 25.2 Å². The van der Waals surface area contributed by atoms with Gasteiger partial charge in [-0.05, 0) is 92.4 Å². The average Bonchev–Trinajstić information content (AvgIpc) is 2.99. The van der Waals surface area contributed by atoms with E-state index >= 15 is 4.39 Å². The Morgan fingerprint density at radius 1 is 1.10 bits per heavy atom. The number of fused-ring (bicyclic) bond motifs is 5. The van der Waals surface area contributed by atoms with Gasteiger partial charge in [0.05, 0.1) is 0 Å². The molecule has 4 rings (SSSR count). The van der Waals surface area contributed by atoms with Crippen LogP contribution in [-0.4, -0.2) is 12.0 Å². The molecule has 0 unspecified atom stereocenters. The minimum atomic E-state index is -0.816. The van der Waals surface area contributed by atoms with Crippen molar-refractivity contribution in [1.29, 1.82) is 0 Å². The molecule has 1 nitrogen and oxygen atoms in total. The van der Waals surface area contributed by atoms with Crippen LogP contribution in [-0.2, 0) is 4.79 Å². The van der Waals surface area contributed by atoms with E-state index in [1.54, 1.807) is 0 Å². The molecule has 0 saturated heterocycles. The number of hydrogen-bond acceptors (Lipinski definition) is 1. The van der Waals surface area contributed by atoms with Crippen LogP contribution < -0.4 is 0 Å². The summed E-state index contributed by atoms with van der Waals surface area (Å²) in [6, 6.07) is 0. The Morgan fingerprint density at radius 3 is 2.53 bits per heavy atom. The Hall–Kier alpha value is -0.660. The number of carbonyl (C=O) groups excluding carboxylic acids is 1. The number of rotatable bonds is 5. The van der Waals surface area contributed by atoms with Gasteiger partial charge < -0.3 is 0 Å². The Balaban J connectivity index is 1.56. The lowest BCUT2D eigenvalue weighted by Gasteiger charge is -2.60. The van der Waals surface area contributed by atoms with Crippen molar-refractivity contribution in [3.63, 3.8) is 0 Å². The topological polar surface area (TPSA) is 17.1 Å². The number of alkyl halides is 1. The number of carbonyl (C=O) groups is 1. The molecular formula is C28H45FO. The molecular weight excluding hydrogens is 371 g/mol. The zero-order chi connectivity index (χ0) is 21.8. The lowest BCUT2D eigenvalue weighted by Crippen LogP contribution is -2.59. The van der Waals surface area contributed by atoms with E-state index in [1.807, 2.05) is 6.08 Å². The fraction of sp³-hybridized carbons (Fsp3) is 0.893. The number of hydrogen-bond donors (Lipinski definition) is 0. The Morgan fingerprint density at radius 2 is 1.83 bits per heavy atom. The molecule has 0 N–H and O–H groups in total. The second-order valence-electron chi connectivity index (χ2n) is 12.6. The third kappa shape index (κ3) is 3.43. The van der Waals surface area contributed by atoms with Gasteiger partial charge in [0.2, 0.25) is 0 Å². The molecule has 0 heterocycles. The summed E-state index contributed by atoms with van der Waals surface area (Å²) >= 11 is 0. The van der Waals surface area contributed by atoms with E-state index in [9.17, 15) is 4.79 Å². The first-order valence-corrected chi connectivity index (χ1v) is 12.9. The highest BCUT2D eigenvalue weighted by Crippen LogP contribution is 2.68. The summed E-state index contributed by atoms with van der Waals surface area (Å²) in [5, 5.41) is 0. The minimum absolute atomic E-state index is 0.0545. The van der Waals surface area contributed by atoms with Crippen LogP contribution in [0.25, 0.3) is 0 Å². The molecule has 0 spiro atoms. The lowest BCUT2D eigenvalue weighted by atomic mass is 9.44. The molecule has 0 aromatic carbocycles. The van der Waals surface area contributed by atoms with Crippen molar-refractivity contribution >= 4 is 5.78 Å². The lowest BCUT2D eigenvalue weighted by molar-refractivity contribution is -0.161. The smallest absolute Gasteiger partial charge is 0.162 e. The summed E-state index contributed by atoms with van der Waals surface area (Å²) in [5.41, 5.74) is 0.863. The monoisotopic (exact) mass is 416 g/mol. The number of ketones is 1. The van der Waals surface area contributed by atoms with Gasteiger partial charge in [0, 0.05) is 11.3 Å². The molecule has 3 fully saturated rings. The molecule has 30 heavy (non-hydrogen) atoms. The zero-order valence-electron chi connectivity index (χ0n) is 20.3. The van der Waals surface area contributed by atoms with Crippen molar-refractivity contribution in [3.8, 4) is 0 Å². The second kappa shape index (κ2) is 8.04. The summed E-state index contributed by atoms with van der Waals surface area (Å²) in [4.78, 5) is 13.2. The molecule has 0 radical (unpaired) electrons. The number of halogens is 1.